The zero-order valence-corrected chi connectivity index (χ0v) is 33.8. The SMILES string of the molecule is O=C1N/C=C/c2ccc(c(Br)c2)Oc2cc(cc(Br)c2O)CCNC(=O)/C(=N/O)Cc2cc(Br)c(c(Br)c2)Oc2cc(cc(Br)c2O)C/C1=N\O. The number of phenolic OH excluding ortho intramolecular Hbond substituents is 2. The summed E-state index contributed by atoms with van der Waals surface area (Å²) in [6.07, 6.45) is 3.20. The first kappa shape index (κ1) is 38.3. The molecule has 0 radical (unpaired) electrons. The minimum Gasteiger partial charge on any atom is -0.503 e. The topological polar surface area (TPSA) is 182 Å². The first-order valence-corrected chi connectivity index (χ1v) is 18.7. The second-order valence-corrected chi connectivity index (χ2v) is 15.2. The molecule has 0 saturated carbocycles. The number of carbonyl (C=O) groups is 2. The number of hydrogen-bond donors (Lipinski definition) is 6. The first-order chi connectivity index (χ1) is 24.4. The van der Waals surface area contributed by atoms with Crippen molar-refractivity contribution >= 4 is 109 Å². The third-order valence-electron chi connectivity index (χ3n) is 7.32. The van der Waals surface area contributed by atoms with Gasteiger partial charge in [0.1, 0.15) is 17.2 Å². The van der Waals surface area contributed by atoms with Crippen LogP contribution in [0.25, 0.3) is 6.08 Å². The van der Waals surface area contributed by atoms with Crippen LogP contribution in [0.4, 0.5) is 0 Å². The fraction of sp³-hybridized carbons (Fsp3) is 0.118. The van der Waals surface area contributed by atoms with Gasteiger partial charge in [-0.25, -0.2) is 0 Å². The summed E-state index contributed by atoms with van der Waals surface area (Å²) in [5.41, 5.74) is 2.11. The van der Waals surface area contributed by atoms with Gasteiger partial charge in [0.25, 0.3) is 11.8 Å². The average molecular weight is 1020 g/mol. The molecular weight excluding hydrogens is 992 g/mol. The second kappa shape index (κ2) is 17.1. The van der Waals surface area contributed by atoms with E-state index in [1.807, 2.05) is 0 Å². The van der Waals surface area contributed by atoms with E-state index in [4.69, 9.17) is 9.47 Å². The van der Waals surface area contributed by atoms with Gasteiger partial charge in [-0.05, 0) is 163 Å². The summed E-state index contributed by atoms with van der Waals surface area (Å²) in [6.45, 7) is 0.180. The predicted molar refractivity (Wildman–Crippen MR) is 207 cm³/mol. The molecule has 0 aliphatic carbocycles. The molecule has 4 aliphatic heterocycles. The van der Waals surface area contributed by atoms with E-state index in [1.165, 1.54) is 12.3 Å². The van der Waals surface area contributed by atoms with E-state index in [0.717, 1.165) is 5.56 Å². The molecule has 0 spiro atoms. The third-order valence-corrected chi connectivity index (χ3v) is 10.3. The molecule has 4 aromatic carbocycles. The zero-order chi connectivity index (χ0) is 36.8. The van der Waals surface area contributed by atoms with Crippen molar-refractivity contribution in [3.8, 4) is 34.5 Å². The smallest absolute Gasteiger partial charge is 0.273 e. The highest BCUT2D eigenvalue weighted by Crippen LogP contribution is 2.44. The summed E-state index contributed by atoms with van der Waals surface area (Å²) in [5.74, 6) is -0.735. The van der Waals surface area contributed by atoms with Crippen molar-refractivity contribution in [2.24, 2.45) is 10.3 Å². The Bertz CT molecular complexity index is 2100. The summed E-state index contributed by atoms with van der Waals surface area (Å²) in [4.78, 5) is 25.9. The number of oxime groups is 2. The minimum absolute atomic E-state index is 0.0297. The molecule has 0 unspecified atom stereocenters. The van der Waals surface area contributed by atoms with Crippen LogP contribution >= 0.6 is 79.6 Å². The average Bonchev–Trinajstić information content (AvgIpc) is 3.08. The normalized spacial score (nSPS) is 16.5. The van der Waals surface area contributed by atoms with Crippen molar-refractivity contribution < 1.29 is 39.7 Å². The summed E-state index contributed by atoms with van der Waals surface area (Å²) in [6, 6.07) is 14.9. The number of nitrogens with one attached hydrogen (secondary N) is 2. The van der Waals surface area contributed by atoms with Crippen LogP contribution in [-0.2, 0) is 28.9 Å². The Morgan fingerprint density at radius 2 is 1.18 bits per heavy atom. The quantitative estimate of drug-likeness (QED) is 0.0747. The van der Waals surface area contributed by atoms with Crippen molar-refractivity contribution in [3.05, 3.63) is 105 Å². The van der Waals surface area contributed by atoms with E-state index in [-0.39, 0.29) is 64.0 Å². The van der Waals surface area contributed by atoms with Gasteiger partial charge in [0.15, 0.2) is 28.7 Å². The Balaban J connectivity index is 1.50. The van der Waals surface area contributed by atoms with Gasteiger partial charge >= 0.3 is 0 Å². The number of carbonyl (C=O) groups excluding carboxylic acids is 2. The van der Waals surface area contributed by atoms with Crippen molar-refractivity contribution in [2.45, 2.75) is 19.3 Å². The maximum Gasteiger partial charge on any atom is 0.273 e. The molecule has 12 nitrogen and oxygen atoms in total. The molecule has 4 aliphatic rings. The van der Waals surface area contributed by atoms with Gasteiger partial charge in [-0.2, -0.15) is 0 Å². The molecule has 8 rings (SSSR count). The lowest BCUT2D eigenvalue weighted by Gasteiger charge is -2.15. The van der Waals surface area contributed by atoms with Crippen LogP contribution in [0.5, 0.6) is 34.5 Å². The fourth-order valence-electron chi connectivity index (χ4n) is 4.83. The van der Waals surface area contributed by atoms with Crippen molar-refractivity contribution in [1.82, 2.24) is 10.6 Å². The van der Waals surface area contributed by atoms with Crippen LogP contribution in [0.1, 0.15) is 22.3 Å². The zero-order valence-electron chi connectivity index (χ0n) is 25.9. The lowest BCUT2D eigenvalue weighted by molar-refractivity contribution is -0.115. The molecule has 8 bridgehead atoms. The molecule has 0 saturated heterocycles. The molecule has 6 N–H and O–H groups in total. The van der Waals surface area contributed by atoms with Gasteiger partial charge < -0.3 is 40.7 Å². The van der Waals surface area contributed by atoms with Crippen LogP contribution in [0.15, 0.2) is 93.5 Å². The van der Waals surface area contributed by atoms with Gasteiger partial charge in [0, 0.05) is 25.6 Å². The van der Waals surface area contributed by atoms with E-state index in [9.17, 15) is 30.2 Å². The highest BCUT2D eigenvalue weighted by atomic mass is 79.9. The van der Waals surface area contributed by atoms with Gasteiger partial charge in [-0.1, -0.05) is 16.4 Å². The molecule has 0 fully saturated rings. The Hall–Kier alpha value is -3.90. The molecular formula is C34H25Br5N4O8. The molecule has 2 amide bonds. The molecule has 264 valence electrons. The molecule has 4 heterocycles. The number of rotatable bonds is 0. The summed E-state index contributed by atoms with van der Waals surface area (Å²) in [7, 11) is 0. The summed E-state index contributed by atoms with van der Waals surface area (Å²) < 4.78 is 14.2. The lowest BCUT2D eigenvalue weighted by atomic mass is 10.1. The van der Waals surface area contributed by atoms with E-state index >= 15 is 0 Å². The number of nitrogens with zero attached hydrogens (tertiary/aromatic N) is 2. The van der Waals surface area contributed by atoms with Gasteiger partial charge in [-0.15, -0.1) is 0 Å². The molecule has 0 atom stereocenters. The highest BCUT2D eigenvalue weighted by Gasteiger charge is 2.21. The highest BCUT2D eigenvalue weighted by molar-refractivity contribution is 9.11. The van der Waals surface area contributed by atoms with Crippen molar-refractivity contribution in [2.75, 3.05) is 6.54 Å². The number of benzene rings is 4. The summed E-state index contributed by atoms with van der Waals surface area (Å²) in [5, 5.41) is 52.6. The number of hydrogen-bond acceptors (Lipinski definition) is 10. The van der Waals surface area contributed by atoms with Crippen LogP contribution in [0, 0.1) is 0 Å². The predicted octanol–water partition coefficient (Wildman–Crippen LogP) is 8.70. The minimum atomic E-state index is -0.672. The maximum atomic E-state index is 13.0. The molecule has 17 heteroatoms. The largest absolute Gasteiger partial charge is 0.503 e. The van der Waals surface area contributed by atoms with E-state index in [2.05, 4.69) is 101 Å². The van der Waals surface area contributed by atoms with E-state index < -0.39 is 11.8 Å². The van der Waals surface area contributed by atoms with Crippen LogP contribution < -0.4 is 20.1 Å². The number of phenols is 2. The Morgan fingerprint density at radius 1 is 0.627 bits per heavy atom. The molecule has 4 aromatic rings. The van der Waals surface area contributed by atoms with Gasteiger partial charge in [0.05, 0.1) is 22.4 Å². The van der Waals surface area contributed by atoms with Crippen molar-refractivity contribution in [1.29, 1.82) is 0 Å². The Kier molecular flexibility index (Phi) is 12.8. The third kappa shape index (κ3) is 9.51. The molecule has 0 aromatic heterocycles. The number of aromatic hydroxyl groups is 2. The standard InChI is InChI=1S/C34H25Br5N4O8/c35-20-7-16-1-2-27(20)50-28-14-17(8-21(36)30(28)44)4-6-41-33(46)25(42-48)12-18-10-23(38)32(24(39)11-18)51-29-15-19(9-22(37)31(29)45)13-26(43-49)34(47)40-5-3-16/h1-3,5,7-11,14-15,44-45,48-49H,4,6,12-13H2,(H,40,47)(H,41,46)/b5-3+,42-25+,43-26+. The monoisotopic (exact) mass is 1010 g/mol. The maximum absolute atomic E-state index is 13.0. The molecule has 51 heavy (non-hydrogen) atoms. The van der Waals surface area contributed by atoms with E-state index in [0.29, 0.717) is 46.8 Å². The van der Waals surface area contributed by atoms with Gasteiger partial charge in [-0.3, -0.25) is 9.59 Å². The number of halogens is 5. The first-order valence-electron chi connectivity index (χ1n) is 14.7. The fourth-order valence-corrected chi connectivity index (χ4v) is 7.73. The Labute approximate surface area is 332 Å². The number of amides is 2. The lowest BCUT2D eigenvalue weighted by Crippen LogP contribution is -2.33. The van der Waals surface area contributed by atoms with Crippen LogP contribution in [0.2, 0.25) is 0 Å². The van der Waals surface area contributed by atoms with Crippen molar-refractivity contribution in [3.63, 3.8) is 0 Å². The number of ether oxygens (including phenoxy) is 2. The summed E-state index contributed by atoms with van der Waals surface area (Å²) >= 11 is 17.1. The second-order valence-electron chi connectivity index (χ2n) is 10.9. The Morgan fingerprint density at radius 3 is 1.80 bits per heavy atom. The van der Waals surface area contributed by atoms with Crippen LogP contribution in [-0.4, -0.2) is 50.4 Å². The van der Waals surface area contributed by atoms with E-state index in [1.54, 1.807) is 54.6 Å². The van der Waals surface area contributed by atoms with Gasteiger partial charge in [0.2, 0.25) is 0 Å². The van der Waals surface area contributed by atoms with Crippen LogP contribution in [0.3, 0.4) is 0 Å².